The standard InChI is InChI=1S/C12H17BrFNO.ClH/c1-12(2,3)11(16)10(15)9-7(13)5-4-6-8(9)14;/h4-6,10-11,16H,15H2,1-3H3;1H/t10-,11-;/m1./s1. The van der Waals surface area contributed by atoms with Gasteiger partial charge in [0, 0.05) is 10.0 Å². The molecular weight excluding hydrogens is 308 g/mol. The maximum atomic E-state index is 13.6. The molecule has 0 aliphatic heterocycles. The highest BCUT2D eigenvalue weighted by Crippen LogP contribution is 2.33. The minimum Gasteiger partial charge on any atom is -0.391 e. The summed E-state index contributed by atoms with van der Waals surface area (Å²) < 4.78 is 14.2. The zero-order valence-corrected chi connectivity index (χ0v) is 12.5. The summed E-state index contributed by atoms with van der Waals surface area (Å²) >= 11 is 3.25. The van der Waals surface area contributed by atoms with E-state index in [-0.39, 0.29) is 17.8 Å². The summed E-state index contributed by atoms with van der Waals surface area (Å²) in [4.78, 5) is 0. The van der Waals surface area contributed by atoms with Gasteiger partial charge in [-0.15, -0.1) is 12.4 Å². The van der Waals surface area contributed by atoms with E-state index in [1.54, 1.807) is 12.1 Å². The number of nitrogens with two attached hydrogens (primary N) is 1. The summed E-state index contributed by atoms with van der Waals surface area (Å²) in [5, 5.41) is 10.0. The van der Waals surface area contributed by atoms with Crippen LogP contribution < -0.4 is 5.73 Å². The summed E-state index contributed by atoms with van der Waals surface area (Å²) in [5.74, 6) is -0.398. The smallest absolute Gasteiger partial charge is 0.129 e. The molecule has 0 heterocycles. The molecule has 0 saturated carbocycles. The lowest BCUT2D eigenvalue weighted by atomic mass is 9.82. The lowest BCUT2D eigenvalue weighted by molar-refractivity contribution is 0.0389. The molecule has 0 saturated heterocycles. The molecule has 0 unspecified atom stereocenters. The molecule has 0 spiro atoms. The zero-order valence-electron chi connectivity index (χ0n) is 10.1. The Morgan fingerprint density at radius 2 is 1.88 bits per heavy atom. The monoisotopic (exact) mass is 325 g/mol. The van der Waals surface area contributed by atoms with Crippen molar-refractivity contribution in [3.05, 3.63) is 34.1 Å². The maximum Gasteiger partial charge on any atom is 0.129 e. The Morgan fingerprint density at radius 3 is 2.29 bits per heavy atom. The molecule has 98 valence electrons. The predicted octanol–water partition coefficient (Wildman–Crippen LogP) is 3.42. The van der Waals surface area contributed by atoms with Gasteiger partial charge in [0.1, 0.15) is 5.82 Å². The maximum absolute atomic E-state index is 13.6. The lowest BCUT2D eigenvalue weighted by Crippen LogP contribution is -2.37. The first-order valence-corrected chi connectivity index (χ1v) is 5.92. The van der Waals surface area contributed by atoms with Crippen molar-refractivity contribution in [1.29, 1.82) is 0 Å². The molecule has 1 aromatic carbocycles. The largest absolute Gasteiger partial charge is 0.391 e. The molecule has 1 rings (SSSR count). The molecule has 17 heavy (non-hydrogen) atoms. The van der Waals surface area contributed by atoms with Crippen LogP contribution in [0.25, 0.3) is 0 Å². The van der Waals surface area contributed by atoms with Gasteiger partial charge in [0.05, 0.1) is 12.1 Å². The molecule has 0 aromatic heterocycles. The van der Waals surface area contributed by atoms with E-state index in [1.165, 1.54) is 6.07 Å². The van der Waals surface area contributed by atoms with Gasteiger partial charge in [-0.2, -0.15) is 0 Å². The van der Waals surface area contributed by atoms with Gasteiger partial charge in [0.15, 0.2) is 0 Å². The van der Waals surface area contributed by atoms with Crippen LogP contribution in [0.15, 0.2) is 22.7 Å². The summed E-state index contributed by atoms with van der Waals surface area (Å²) in [6, 6.07) is 3.91. The summed E-state index contributed by atoms with van der Waals surface area (Å²) in [5.41, 5.74) is 5.84. The second-order valence-electron chi connectivity index (χ2n) is 4.97. The molecule has 0 amide bonds. The minimum absolute atomic E-state index is 0. The van der Waals surface area contributed by atoms with Gasteiger partial charge in [-0.25, -0.2) is 4.39 Å². The van der Waals surface area contributed by atoms with Gasteiger partial charge in [-0.3, -0.25) is 0 Å². The highest BCUT2D eigenvalue weighted by Gasteiger charge is 2.31. The average Bonchev–Trinajstić information content (AvgIpc) is 2.14. The van der Waals surface area contributed by atoms with E-state index >= 15 is 0 Å². The van der Waals surface area contributed by atoms with Crippen molar-refractivity contribution in [2.24, 2.45) is 11.1 Å². The normalized spacial score (nSPS) is 15.0. The molecular formula is C12H18BrClFNO. The van der Waals surface area contributed by atoms with Crippen LogP contribution in [0, 0.1) is 11.2 Å². The number of aliphatic hydroxyl groups is 1. The molecule has 0 aliphatic carbocycles. The third kappa shape index (κ3) is 3.91. The van der Waals surface area contributed by atoms with Crippen LogP contribution in [0.1, 0.15) is 32.4 Å². The van der Waals surface area contributed by atoms with E-state index in [1.807, 2.05) is 20.8 Å². The quantitative estimate of drug-likeness (QED) is 0.875. The van der Waals surface area contributed by atoms with Crippen molar-refractivity contribution in [2.75, 3.05) is 0 Å². The topological polar surface area (TPSA) is 46.2 Å². The van der Waals surface area contributed by atoms with Crippen molar-refractivity contribution < 1.29 is 9.50 Å². The van der Waals surface area contributed by atoms with Gasteiger partial charge in [0.25, 0.3) is 0 Å². The fourth-order valence-corrected chi connectivity index (χ4v) is 2.13. The molecule has 0 bridgehead atoms. The van der Waals surface area contributed by atoms with Crippen LogP contribution in [-0.2, 0) is 0 Å². The molecule has 3 N–H and O–H groups in total. The van der Waals surface area contributed by atoms with Crippen LogP contribution >= 0.6 is 28.3 Å². The second kappa shape index (κ2) is 6.14. The van der Waals surface area contributed by atoms with Crippen LogP contribution in [0.5, 0.6) is 0 Å². The highest BCUT2D eigenvalue weighted by molar-refractivity contribution is 9.10. The van der Waals surface area contributed by atoms with E-state index < -0.39 is 18.0 Å². The van der Waals surface area contributed by atoms with Gasteiger partial charge >= 0.3 is 0 Å². The second-order valence-corrected chi connectivity index (χ2v) is 5.83. The lowest BCUT2D eigenvalue weighted by Gasteiger charge is -2.31. The number of halogens is 3. The van der Waals surface area contributed by atoms with E-state index in [0.29, 0.717) is 10.0 Å². The van der Waals surface area contributed by atoms with Crippen LogP contribution in [-0.4, -0.2) is 11.2 Å². The first kappa shape index (κ1) is 16.8. The van der Waals surface area contributed by atoms with E-state index in [4.69, 9.17) is 5.73 Å². The summed E-state index contributed by atoms with van der Waals surface area (Å²) in [6.07, 6.45) is -0.805. The van der Waals surface area contributed by atoms with Crippen LogP contribution in [0.3, 0.4) is 0 Å². The van der Waals surface area contributed by atoms with Crippen molar-refractivity contribution in [1.82, 2.24) is 0 Å². The third-order valence-corrected chi connectivity index (χ3v) is 3.25. The molecule has 0 fully saturated rings. The zero-order chi connectivity index (χ0) is 12.5. The molecule has 0 aliphatic rings. The van der Waals surface area contributed by atoms with Crippen molar-refractivity contribution in [3.8, 4) is 0 Å². The number of rotatable bonds is 2. The number of benzene rings is 1. The molecule has 1 aromatic rings. The minimum atomic E-state index is -0.805. The van der Waals surface area contributed by atoms with E-state index in [2.05, 4.69) is 15.9 Å². The fourth-order valence-electron chi connectivity index (χ4n) is 1.53. The Labute approximate surface area is 116 Å². The highest BCUT2D eigenvalue weighted by atomic mass is 79.9. The van der Waals surface area contributed by atoms with Crippen LogP contribution in [0.4, 0.5) is 4.39 Å². The Hall–Kier alpha value is -0.160. The van der Waals surface area contributed by atoms with Gasteiger partial charge in [-0.05, 0) is 17.5 Å². The van der Waals surface area contributed by atoms with Gasteiger partial charge in [0.2, 0.25) is 0 Å². The molecule has 0 radical (unpaired) electrons. The Kier molecular flexibility index (Phi) is 6.08. The first-order chi connectivity index (χ1) is 7.25. The van der Waals surface area contributed by atoms with Crippen molar-refractivity contribution in [3.63, 3.8) is 0 Å². The van der Waals surface area contributed by atoms with E-state index in [0.717, 1.165) is 0 Å². The van der Waals surface area contributed by atoms with Gasteiger partial charge in [-0.1, -0.05) is 42.8 Å². The molecule has 5 heteroatoms. The SMILES string of the molecule is CC(C)(C)[C@H](O)[C@H](N)c1c(F)cccc1Br.Cl. The van der Waals surface area contributed by atoms with Gasteiger partial charge < -0.3 is 10.8 Å². The molecule has 2 nitrogen and oxygen atoms in total. The number of hydrogen-bond acceptors (Lipinski definition) is 2. The summed E-state index contributed by atoms with van der Waals surface area (Å²) in [7, 11) is 0. The van der Waals surface area contributed by atoms with Crippen molar-refractivity contribution >= 4 is 28.3 Å². The average molecular weight is 327 g/mol. The number of aliphatic hydroxyl groups excluding tert-OH is 1. The first-order valence-electron chi connectivity index (χ1n) is 5.12. The third-order valence-electron chi connectivity index (χ3n) is 2.56. The Morgan fingerprint density at radius 1 is 1.35 bits per heavy atom. The Balaban J connectivity index is 0.00000256. The van der Waals surface area contributed by atoms with Crippen LogP contribution in [0.2, 0.25) is 0 Å². The Bertz CT molecular complexity index is 361. The van der Waals surface area contributed by atoms with E-state index in [9.17, 15) is 9.50 Å². The predicted molar refractivity (Wildman–Crippen MR) is 73.7 cm³/mol. The summed E-state index contributed by atoms with van der Waals surface area (Å²) in [6.45, 7) is 5.60. The van der Waals surface area contributed by atoms with Crippen molar-refractivity contribution in [2.45, 2.75) is 32.9 Å². The number of hydrogen-bond donors (Lipinski definition) is 2. The fraction of sp³-hybridized carbons (Fsp3) is 0.500. The molecule has 2 atom stereocenters.